The number of carbonyl (C=O) groups excluding carboxylic acids is 1. The molecule has 0 saturated carbocycles. The first-order valence-electron chi connectivity index (χ1n) is 6.24. The molecule has 0 saturated heterocycles. The van der Waals surface area contributed by atoms with Crippen molar-refractivity contribution in [3.8, 4) is 0 Å². The van der Waals surface area contributed by atoms with Crippen LogP contribution >= 0.6 is 0 Å². The summed E-state index contributed by atoms with van der Waals surface area (Å²) < 4.78 is 1.89. The molecular weight excluding hydrogens is 226 g/mol. The van der Waals surface area contributed by atoms with Crippen LogP contribution in [0.5, 0.6) is 0 Å². The van der Waals surface area contributed by atoms with E-state index in [4.69, 9.17) is 0 Å². The highest BCUT2D eigenvalue weighted by atomic mass is 16.1. The van der Waals surface area contributed by atoms with Crippen molar-refractivity contribution in [1.82, 2.24) is 14.8 Å². The SMILES string of the molecule is CCc1cc(CC(=O)c2ccccn2)n(CC)n1. The molecule has 0 fully saturated rings. The quantitative estimate of drug-likeness (QED) is 0.757. The first-order valence-corrected chi connectivity index (χ1v) is 6.24. The fourth-order valence-corrected chi connectivity index (χ4v) is 1.89. The minimum atomic E-state index is 0.0350. The number of carbonyl (C=O) groups is 1. The molecule has 18 heavy (non-hydrogen) atoms. The number of pyridine rings is 1. The molecule has 0 N–H and O–H groups in total. The molecule has 0 aromatic carbocycles. The van der Waals surface area contributed by atoms with E-state index in [-0.39, 0.29) is 5.78 Å². The van der Waals surface area contributed by atoms with Crippen LogP contribution < -0.4 is 0 Å². The van der Waals surface area contributed by atoms with Gasteiger partial charge in [0.15, 0.2) is 5.78 Å². The maximum Gasteiger partial charge on any atom is 0.187 e. The Morgan fingerprint density at radius 1 is 1.33 bits per heavy atom. The Hall–Kier alpha value is -1.97. The molecule has 0 unspecified atom stereocenters. The maximum absolute atomic E-state index is 12.1. The predicted molar refractivity (Wildman–Crippen MR) is 69.6 cm³/mol. The normalized spacial score (nSPS) is 10.6. The van der Waals surface area contributed by atoms with Crippen molar-refractivity contribution in [3.05, 3.63) is 47.5 Å². The molecule has 2 aromatic rings. The molecule has 2 aromatic heterocycles. The zero-order valence-electron chi connectivity index (χ0n) is 10.8. The summed E-state index contributed by atoms with van der Waals surface area (Å²) >= 11 is 0. The summed E-state index contributed by atoms with van der Waals surface area (Å²) in [6.07, 6.45) is 2.89. The van der Waals surface area contributed by atoms with Gasteiger partial charge in [0, 0.05) is 18.4 Å². The van der Waals surface area contributed by atoms with Crippen LogP contribution in [0.1, 0.15) is 35.7 Å². The minimum absolute atomic E-state index is 0.0350. The molecule has 0 aliphatic rings. The molecule has 0 bridgehead atoms. The summed E-state index contributed by atoms with van der Waals surface area (Å²) in [4.78, 5) is 16.2. The monoisotopic (exact) mass is 243 g/mol. The van der Waals surface area contributed by atoms with Crippen LogP contribution in [0.15, 0.2) is 30.5 Å². The van der Waals surface area contributed by atoms with Gasteiger partial charge in [-0.2, -0.15) is 5.10 Å². The van der Waals surface area contributed by atoms with Crippen molar-refractivity contribution in [2.45, 2.75) is 33.2 Å². The first-order chi connectivity index (χ1) is 8.74. The first kappa shape index (κ1) is 12.5. The Morgan fingerprint density at radius 2 is 2.17 bits per heavy atom. The Bertz CT molecular complexity index is 531. The zero-order chi connectivity index (χ0) is 13.0. The summed E-state index contributed by atoms with van der Waals surface area (Å²) in [6, 6.07) is 7.39. The lowest BCUT2D eigenvalue weighted by Crippen LogP contribution is -2.10. The number of Topliss-reactive ketones (excluding diaryl/α,β-unsaturated/α-hetero) is 1. The fourth-order valence-electron chi connectivity index (χ4n) is 1.89. The van der Waals surface area contributed by atoms with Gasteiger partial charge in [0.05, 0.1) is 12.1 Å². The summed E-state index contributed by atoms with van der Waals surface area (Å²) in [6.45, 7) is 4.87. The van der Waals surface area contributed by atoms with Crippen LogP contribution in [0.25, 0.3) is 0 Å². The molecule has 0 spiro atoms. The highest BCUT2D eigenvalue weighted by molar-refractivity contribution is 5.95. The van der Waals surface area contributed by atoms with Gasteiger partial charge in [-0.25, -0.2) is 0 Å². The molecule has 2 rings (SSSR count). The molecule has 2 heterocycles. The average molecular weight is 243 g/mol. The van der Waals surface area contributed by atoms with Gasteiger partial charge >= 0.3 is 0 Å². The molecule has 0 amide bonds. The second-order valence-electron chi connectivity index (χ2n) is 4.11. The number of aromatic nitrogens is 3. The molecule has 0 atom stereocenters. The van der Waals surface area contributed by atoms with Crippen LogP contribution in [0, 0.1) is 0 Å². The van der Waals surface area contributed by atoms with Crippen molar-refractivity contribution in [1.29, 1.82) is 0 Å². The van der Waals surface area contributed by atoms with E-state index in [0.717, 1.165) is 24.4 Å². The van der Waals surface area contributed by atoms with Crippen LogP contribution in [0.3, 0.4) is 0 Å². The van der Waals surface area contributed by atoms with Crippen LogP contribution in [-0.4, -0.2) is 20.5 Å². The van der Waals surface area contributed by atoms with E-state index >= 15 is 0 Å². The van der Waals surface area contributed by atoms with E-state index < -0.39 is 0 Å². The van der Waals surface area contributed by atoms with Crippen molar-refractivity contribution >= 4 is 5.78 Å². The van der Waals surface area contributed by atoms with Crippen molar-refractivity contribution in [3.63, 3.8) is 0 Å². The van der Waals surface area contributed by atoms with Gasteiger partial charge in [-0.05, 0) is 31.5 Å². The molecule has 4 heteroatoms. The smallest absolute Gasteiger partial charge is 0.187 e. The largest absolute Gasteiger partial charge is 0.292 e. The standard InChI is InChI=1S/C14H17N3O/c1-3-11-9-12(17(4-2)16-11)10-14(18)13-7-5-6-8-15-13/h5-9H,3-4,10H2,1-2H3. The van der Waals surface area contributed by atoms with E-state index in [0.29, 0.717) is 12.1 Å². The second-order valence-corrected chi connectivity index (χ2v) is 4.11. The second kappa shape index (κ2) is 5.58. The Balaban J connectivity index is 2.19. The average Bonchev–Trinajstić information content (AvgIpc) is 2.82. The van der Waals surface area contributed by atoms with E-state index in [1.165, 1.54) is 0 Å². The Morgan fingerprint density at radius 3 is 2.78 bits per heavy atom. The van der Waals surface area contributed by atoms with E-state index in [9.17, 15) is 4.79 Å². The van der Waals surface area contributed by atoms with Crippen LogP contribution in [0.2, 0.25) is 0 Å². The van der Waals surface area contributed by atoms with Crippen molar-refractivity contribution in [2.75, 3.05) is 0 Å². The van der Waals surface area contributed by atoms with Gasteiger partial charge < -0.3 is 0 Å². The molecule has 0 radical (unpaired) electrons. The molecule has 0 aliphatic heterocycles. The number of aryl methyl sites for hydroxylation is 2. The van der Waals surface area contributed by atoms with Crippen molar-refractivity contribution < 1.29 is 4.79 Å². The van der Waals surface area contributed by atoms with Crippen LogP contribution in [-0.2, 0) is 19.4 Å². The van der Waals surface area contributed by atoms with E-state index in [1.54, 1.807) is 12.3 Å². The Labute approximate surface area is 107 Å². The highest BCUT2D eigenvalue weighted by Gasteiger charge is 2.12. The highest BCUT2D eigenvalue weighted by Crippen LogP contribution is 2.09. The Kier molecular flexibility index (Phi) is 3.87. The maximum atomic E-state index is 12.1. The zero-order valence-corrected chi connectivity index (χ0v) is 10.8. The van der Waals surface area contributed by atoms with Crippen LogP contribution in [0.4, 0.5) is 0 Å². The summed E-state index contributed by atoms with van der Waals surface area (Å²) in [5, 5.41) is 4.44. The number of hydrogen-bond donors (Lipinski definition) is 0. The molecule has 94 valence electrons. The lowest BCUT2D eigenvalue weighted by atomic mass is 10.1. The van der Waals surface area contributed by atoms with Gasteiger partial charge in [0.25, 0.3) is 0 Å². The van der Waals surface area contributed by atoms with E-state index in [2.05, 4.69) is 17.0 Å². The molecule has 0 aliphatic carbocycles. The lowest BCUT2D eigenvalue weighted by Gasteiger charge is -2.03. The van der Waals surface area contributed by atoms with E-state index in [1.807, 2.05) is 29.8 Å². The van der Waals surface area contributed by atoms with Gasteiger partial charge in [0.2, 0.25) is 0 Å². The van der Waals surface area contributed by atoms with Gasteiger partial charge in [-0.15, -0.1) is 0 Å². The summed E-state index contributed by atoms with van der Waals surface area (Å²) in [5.41, 5.74) is 2.50. The third kappa shape index (κ3) is 2.64. The van der Waals surface area contributed by atoms with Crippen molar-refractivity contribution in [2.24, 2.45) is 0 Å². The molecular formula is C14H17N3O. The van der Waals surface area contributed by atoms with Gasteiger partial charge in [-0.3, -0.25) is 14.5 Å². The summed E-state index contributed by atoms with van der Waals surface area (Å²) in [5.74, 6) is 0.0350. The fraction of sp³-hybridized carbons (Fsp3) is 0.357. The number of nitrogens with zero attached hydrogens (tertiary/aromatic N) is 3. The lowest BCUT2D eigenvalue weighted by molar-refractivity contribution is 0.0986. The topological polar surface area (TPSA) is 47.8 Å². The number of rotatable bonds is 5. The predicted octanol–water partition coefficient (Wildman–Crippen LogP) is 2.29. The minimum Gasteiger partial charge on any atom is -0.292 e. The van der Waals surface area contributed by atoms with Gasteiger partial charge in [-0.1, -0.05) is 13.0 Å². The third-order valence-corrected chi connectivity index (χ3v) is 2.87. The number of hydrogen-bond acceptors (Lipinski definition) is 3. The molecule has 4 nitrogen and oxygen atoms in total. The third-order valence-electron chi connectivity index (χ3n) is 2.87. The number of ketones is 1. The summed E-state index contributed by atoms with van der Waals surface area (Å²) in [7, 11) is 0. The van der Waals surface area contributed by atoms with Gasteiger partial charge in [0.1, 0.15) is 5.69 Å².